The molecule has 0 aromatic heterocycles. The predicted octanol–water partition coefficient (Wildman–Crippen LogP) is 4.28. The molecule has 0 aliphatic heterocycles. The second kappa shape index (κ2) is 3.71. The van der Waals surface area contributed by atoms with Gasteiger partial charge in [0.1, 0.15) is 0 Å². The standard InChI is InChI=1S/C9H7BCl2F2/c11-7-2-1-3-8(12)9(7)5-4-6(5)10(13)14/h1-3,5-6H,4H2. The summed E-state index contributed by atoms with van der Waals surface area (Å²) < 4.78 is 24.7. The van der Waals surface area contributed by atoms with Gasteiger partial charge in [-0.1, -0.05) is 29.3 Å². The van der Waals surface area contributed by atoms with E-state index in [1.165, 1.54) is 0 Å². The zero-order chi connectivity index (χ0) is 10.3. The summed E-state index contributed by atoms with van der Waals surface area (Å²) in [7, 11) is -2.27. The highest BCUT2D eigenvalue weighted by Gasteiger charge is 2.50. The number of rotatable bonds is 2. The predicted molar refractivity (Wildman–Crippen MR) is 55.5 cm³/mol. The first-order chi connectivity index (χ1) is 6.61. The van der Waals surface area contributed by atoms with Gasteiger partial charge in [0.2, 0.25) is 0 Å². The van der Waals surface area contributed by atoms with Gasteiger partial charge in [-0.2, -0.15) is 0 Å². The van der Waals surface area contributed by atoms with Gasteiger partial charge in [-0.3, -0.25) is 8.63 Å². The van der Waals surface area contributed by atoms with E-state index in [1.807, 2.05) is 0 Å². The Bertz CT molecular complexity index is 336. The topological polar surface area (TPSA) is 0 Å². The van der Waals surface area contributed by atoms with Crippen LogP contribution in [0.2, 0.25) is 15.9 Å². The van der Waals surface area contributed by atoms with Crippen LogP contribution in [-0.4, -0.2) is 7.27 Å². The zero-order valence-electron chi connectivity index (χ0n) is 7.18. The third-order valence-electron chi connectivity index (χ3n) is 2.53. The highest BCUT2D eigenvalue weighted by molar-refractivity contribution is 6.46. The van der Waals surface area contributed by atoms with Gasteiger partial charge >= 0.3 is 7.27 Å². The van der Waals surface area contributed by atoms with Gasteiger partial charge in [0.25, 0.3) is 0 Å². The summed E-state index contributed by atoms with van der Waals surface area (Å²) in [4.78, 5) is 0. The molecule has 0 nitrogen and oxygen atoms in total. The van der Waals surface area contributed by atoms with Crippen LogP contribution in [0.3, 0.4) is 0 Å². The molecule has 0 bridgehead atoms. The van der Waals surface area contributed by atoms with E-state index >= 15 is 0 Å². The monoisotopic (exact) mass is 234 g/mol. The molecular formula is C9H7BCl2F2. The van der Waals surface area contributed by atoms with Gasteiger partial charge in [-0.15, -0.1) is 0 Å². The minimum atomic E-state index is -2.27. The molecule has 0 heterocycles. The average Bonchev–Trinajstić information content (AvgIpc) is 2.83. The molecular weight excluding hydrogens is 228 g/mol. The van der Waals surface area contributed by atoms with Gasteiger partial charge in [0.15, 0.2) is 0 Å². The van der Waals surface area contributed by atoms with Crippen LogP contribution in [0.5, 0.6) is 0 Å². The van der Waals surface area contributed by atoms with E-state index in [4.69, 9.17) is 23.2 Å². The second-order valence-electron chi connectivity index (χ2n) is 3.48. The third-order valence-corrected chi connectivity index (χ3v) is 3.19. The Hall–Kier alpha value is -0.275. The van der Waals surface area contributed by atoms with E-state index in [0.29, 0.717) is 22.0 Å². The Morgan fingerprint density at radius 2 is 1.79 bits per heavy atom. The van der Waals surface area contributed by atoms with Crippen molar-refractivity contribution < 1.29 is 8.63 Å². The largest absolute Gasteiger partial charge is 0.541 e. The lowest BCUT2D eigenvalue weighted by molar-refractivity contribution is 0.647. The number of benzene rings is 1. The molecule has 2 atom stereocenters. The van der Waals surface area contributed by atoms with Crippen molar-refractivity contribution in [3.05, 3.63) is 33.8 Å². The first kappa shape index (κ1) is 10.2. The van der Waals surface area contributed by atoms with E-state index in [1.54, 1.807) is 18.2 Å². The Kier molecular flexibility index (Phi) is 2.71. The fourth-order valence-electron chi connectivity index (χ4n) is 1.69. The van der Waals surface area contributed by atoms with Gasteiger partial charge in [-0.05, 0) is 30.0 Å². The number of halogens is 4. The average molecular weight is 235 g/mol. The van der Waals surface area contributed by atoms with Crippen molar-refractivity contribution >= 4 is 30.5 Å². The summed E-state index contributed by atoms with van der Waals surface area (Å²) in [5, 5.41) is 0.983. The first-order valence-electron chi connectivity index (χ1n) is 4.33. The molecule has 1 aromatic rings. The highest BCUT2D eigenvalue weighted by Crippen LogP contribution is 2.58. The van der Waals surface area contributed by atoms with Gasteiger partial charge in [0.05, 0.1) is 0 Å². The molecule has 0 radical (unpaired) electrons. The van der Waals surface area contributed by atoms with Crippen LogP contribution >= 0.6 is 23.2 Å². The van der Waals surface area contributed by atoms with Crippen molar-refractivity contribution in [3.63, 3.8) is 0 Å². The fraction of sp³-hybridized carbons (Fsp3) is 0.333. The van der Waals surface area contributed by atoms with Crippen LogP contribution in [0, 0.1) is 0 Å². The summed E-state index contributed by atoms with van der Waals surface area (Å²) in [6.45, 7) is 0. The Morgan fingerprint density at radius 1 is 1.21 bits per heavy atom. The summed E-state index contributed by atoms with van der Waals surface area (Å²) >= 11 is 11.8. The molecule has 0 spiro atoms. The molecule has 1 aromatic carbocycles. The molecule has 5 heteroatoms. The van der Waals surface area contributed by atoms with Gasteiger partial charge < -0.3 is 0 Å². The molecule has 14 heavy (non-hydrogen) atoms. The maximum Gasteiger partial charge on any atom is 0.541 e. The molecule has 0 N–H and O–H groups in total. The SMILES string of the molecule is FB(F)C1CC1c1c(Cl)cccc1Cl. The van der Waals surface area contributed by atoms with Crippen molar-refractivity contribution in [2.75, 3.05) is 0 Å². The van der Waals surface area contributed by atoms with Crippen LogP contribution in [0.4, 0.5) is 8.63 Å². The van der Waals surface area contributed by atoms with Crippen molar-refractivity contribution in [1.29, 1.82) is 0 Å². The minimum Gasteiger partial charge on any atom is -0.287 e. The summed E-state index contributed by atoms with van der Waals surface area (Å²) in [6, 6.07) is 5.08. The van der Waals surface area contributed by atoms with Crippen molar-refractivity contribution in [3.8, 4) is 0 Å². The maximum atomic E-state index is 12.3. The maximum absolute atomic E-state index is 12.3. The van der Waals surface area contributed by atoms with Crippen molar-refractivity contribution in [1.82, 2.24) is 0 Å². The summed E-state index contributed by atoms with van der Waals surface area (Å²) in [5.41, 5.74) is 0.682. The summed E-state index contributed by atoms with van der Waals surface area (Å²) in [5.74, 6) is -0.719. The van der Waals surface area contributed by atoms with Crippen molar-refractivity contribution in [2.45, 2.75) is 18.2 Å². The zero-order valence-corrected chi connectivity index (χ0v) is 8.69. The lowest BCUT2D eigenvalue weighted by atomic mass is 9.87. The highest BCUT2D eigenvalue weighted by atomic mass is 35.5. The quantitative estimate of drug-likeness (QED) is 0.671. The molecule has 74 valence electrons. The number of hydrogen-bond acceptors (Lipinski definition) is 0. The molecule has 0 amide bonds. The molecule has 1 aliphatic rings. The van der Waals surface area contributed by atoms with Gasteiger partial charge in [-0.25, -0.2) is 0 Å². The van der Waals surface area contributed by atoms with Crippen LogP contribution in [-0.2, 0) is 0 Å². The van der Waals surface area contributed by atoms with Crippen LogP contribution < -0.4 is 0 Å². The molecule has 1 saturated carbocycles. The Balaban J connectivity index is 2.26. The van der Waals surface area contributed by atoms with E-state index in [2.05, 4.69) is 0 Å². The fourth-order valence-corrected chi connectivity index (χ4v) is 2.37. The van der Waals surface area contributed by atoms with Crippen LogP contribution in [0.15, 0.2) is 18.2 Å². The smallest absolute Gasteiger partial charge is 0.287 e. The Labute approximate surface area is 91.4 Å². The van der Waals surface area contributed by atoms with Gasteiger partial charge in [0, 0.05) is 15.9 Å². The molecule has 1 aliphatic carbocycles. The number of hydrogen-bond donors (Lipinski definition) is 0. The minimum absolute atomic E-state index is 0.156. The lowest BCUT2D eigenvalue weighted by Crippen LogP contribution is -1.97. The third kappa shape index (κ3) is 1.75. The molecule has 2 rings (SSSR count). The van der Waals surface area contributed by atoms with Crippen molar-refractivity contribution in [2.24, 2.45) is 0 Å². The van der Waals surface area contributed by atoms with E-state index in [-0.39, 0.29) is 5.92 Å². The normalized spacial score (nSPS) is 24.9. The molecule has 2 unspecified atom stereocenters. The van der Waals surface area contributed by atoms with Crippen LogP contribution in [0.1, 0.15) is 17.9 Å². The second-order valence-corrected chi connectivity index (χ2v) is 4.29. The lowest BCUT2D eigenvalue weighted by Gasteiger charge is -2.04. The summed E-state index contributed by atoms with van der Waals surface area (Å²) in [6.07, 6.45) is 0.487. The Morgan fingerprint density at radius 3 is 2.21 bits per heavy atom. The van der Waals surface area contributed by atoms with E-state index in [0.717, 1.165) is 0 Å². The van der Waals surface area contributed by atoms with Crippen LogP contribution in [0.25, 0.3) is 0 Å². The molecule has 0 saturated heterocycles. The van der Waals surface area contributed by atoms with E-state index < -0.39 is 13.1 Å². The molecule has 1 fully saturated rings. The first-order valence-corrected chi connectivity index (χ1v) is 5.09. The van der Waals surface area contributed by atoms with E-state index in [9.17, 15) is 8.63 Å².